The molecule has 2 rings (SSSR count). The Balaban J connectivity index is 2.23. The fourth-order valence-electron chi connectivity index (χ4n) is 1.74. The van der Waals surface area contributed by atoms with Crippen molar-refractivity contribution in [1.29, 1.82) is 0 Å². The van der Waals surface area contributed by atoms with Gasteiger partial charge >= 0.3 is 6.09 Å². The van der Waals surface area contributed by atoms with Crippen LogP contribution in [-0.4, -0.2) is 42.1 Å². The van der Waals surface area contributed by atoms with Crippen LogP contribution in [0.25, 0.3) is 0 Å². The Morgan fingerprint density at radius 1 is 1.53 bits per heavy atom. The molecule has 0 fully saturated rings. The van der Waals surface area contributed by atoms with Gasteiger partial charge in [-0.3, -0.25) is 0 Å². The highest BCUT2D eigenvalue weighted by Crippen LogP contribution is 2.23. The smallest absolute Gasteiger partial charge is 0.411 e. The SMILES string of the molecule is CCN(C)C(=O)Oc1ccc2c(c1)/C(=N/O)COC2. The van der Waals surface area contributed by atoms with Crippen LogP contribution in [0.3, 0.4) is 0 Å². The predicted molar refractivity (Wildman–Crippen MR) is 68.7 cm³/mol. The van der Waals surface area contributed by atoms with Crippen molar-refractivity contribution in [3.05, 3.63) is 29.3 Å². The molecule has 0 unspecified atom stereocenters. The zero-order valence-electron chi connectivity index (χ0n) is 10.9. The van der Waals surface area contributed by atoms with Gasteiger partial charge in [-0.1, -0.05) is 11.2 Å². The zero-order chi connectivity index (χ0) is 13.8. The van der Waals surface area contributed by atoms with E-state index in [1.54, 1.807) is 25.2 Å². The molecule has 1 aliphatic heterocycles. The molecular weight excluding hydrogens is 248 g/mol. The average molecular weight is 264 g/mol. The van der Waals surface area contributed by atoms with Gasteiger partial charge in [-0.05, 0) is 24.6 Å². The third kappa shape index (κ3) is 2.85. The summed E-state index contributed by atoms with van der Waals surface area (Å²) in [6.45, 7) is 3.14. The van der Waals surface area contributed by atoms with Gasteiger partial charge in [-0.25, -0.2) is 4.79 Å². The number of hydrogen-bond donors (Lipinski definition) is 1. The summed E-state index contributed by atoms with van der Waals surface area (Å²) in [5.74, 6) is 0.423. The van der Waals surface area contributed by atoms with E-state index in [0.717, 1.165) is 11.1 Å². The molecule has 0 radical (unpaired) electrons. The summed E-state index contributed by atoms with van der Waals surface area (Å²) in [5, 5.41) is 12.1. The number of hydrogen-bond acceptors (Lipinski definition) is 5. The van der Waals surface area contributed by atoms with Crippen LogP contribution in [0.15, 0.2) is 23.4 Å². The van der Waals surface area contributed by atoms with E-state index >= 15 is 0 Å². The highest BCUT2D eigenvalue weighted by Gasteiger charge is 2.18. The maximum atomic E-state index is 11.7. The standard InChI is InChI=1S/C13H16N2O4/c1-3-15(2)13(16)19-10-5-4-9-7-18-8-12(14-17)11(9)6-10/h4-6,17H,3,7-8H2,1-2H3/b14-12+. The van der Waals surface area contributed by atoms with Crippen molar-refractivity contribution < 1.29 is 19.5 Å². The molecule has 1 heterocycles. The Labute approximate surface area is 111 Å². The molecular formula is C13H16N2O4. The fourth-order valence-corrected chi connectivity index (χ4v) is 1.74. The Morgan fingerprint density at radius 2 is 2.32 bits per heavy atom. The van der Waals surface area contributed by atoms with Gasteiger partial charge in [0.1, 0.15) is 11.5 Å². The molecule has 0 spiro atoms. The van der Waals surface area contributed by atoms with E-state index in [1.807, 2.05) is 6.92 Å². The normalized spacial score (nSPS) is 16.0. The lowest BCUT2D eigenvalue weighted by atomic mass is 10.0. The Bertz CT molecular complexity index is 513. The Morgan fingerprint density at radius 3 is 3.00 bits per heavy atom. The van der Waals surface area contributed by atoms with Gasteiger partial charge in [0.25, 0.3) is 0 Å². The van der Waals surface area contributed by atoms with E-state index in [-0.39, 0.29) is 6.61 Å². The van der Waals surface area contributed by atoms with E-state index in [9.17, 15) is 4.79 Å². The molecule has 6 nitrogen and oxygen atoms in total. The summed E-state index contributed by atoms with van der Waals surface area (Å²) < 4.78 is 10.5. The number of carbonyl (C=O) groups is 1. The molecule has 1 aromatic carbocycles. The molecule has 1 N–H and O–H groups in total. The number of carbonyl (C=O) groups excluding carboxylic acids is 1. The highest BCUT2D eigenvalue weighted by molar-refractivity contribution is 6.03. The predicted octanol–water partition coefficient (Wildman–Crippen LogP) is 1.85. The molecule has 0 aliphatic carbocycles. The van der Waals surface area contributed by atoms with Gasteiger partial charge in [0.2, 0.25) is 0 Å². The number of benzene rings is 1. The van der Waals surface area contributed by atoms with Crippen LogP contribution < -0.4 is 4.74 Å². The zero-order valence-corrected chi connectivity index (χ0v) is 10.9. The second-order valence-corrected chi connectivity index (χ2v) is 4.24. The summed E-state index contributed by atoms with van der Waals surface area (Å²) in [6.07, 6.45) is -0.419. The summed E-state index contributed by atoms with van der Waals surface area (Å²) in [4.78, 5) is 13.1. The van der Waals surface area contributed by atoms with Crippen molar-refractivity contribution in [2.45, 2.75) is 13.5 Å². The summed E-state index contributed by atoms with van der Waals surface area (Å²) in [6, 6.07) is 5.19. The summed E-state index contributed by atoms with van der Waals surface area (Å²) in [7, 11) is 1.66. The van der Waals surface area contributed by atoms with Crippen molar-refractivity contribution in [2.24, 2.45) is 5.16 Å². The summed E-state index contributed by atoms with van der Waals surface area (Å²) >= 11 is 0. The molecule has 19 heavy (non-hydrogen) atoms. The minimum atomic E-state index is -0.419. The number of amides is 1. The van der Waals surface area contributed by atoms with Gasteiger partial charge in [0, 0.05) is 19.2 Å². The molecule has 102 valence electrons. The largest absolute Gasteiger partial charge is 0.414 e. The van der Waals surface area contributed by atoms with Gasteiger partial charge in [0.05, 0.1) is 13.2 Å². The first kappa shape index (κ1) is 13.4. The topological polar surface area (TPSA) is 71.4 Å². The molecule has 0 saturated heterocycles. The van der Waals surface area contributed by atoms with Crippen molar-refractivity contribution in [3.8, 4) is 5.75 Å². The minimum absolute atomic E-state index is 0.246. The second-order valence-electron chi connectivity index (χ2n) is 4.24. The minimum Gasteiger partial charge on any atom is -0.411 e. The van der Waals surface area contributed by atoms with Crippen LogP contribution in [0.5, 0.6) is 5.75 Å². The molecule has 0 aromatic heterocycles. The number of nitrogens with zero attached hydrogens (tertiary/aromatic N) is 2. The second kappa shape index (κ2) is 5.71. The van der Waals surface area contributed by atoms with Crippen LogP contribution in [0.1, 0.15) is 18.1 Å². The average Bonchev–Trinajstić information content (AvgIpc) is 2.45. The van der Waals surface area contributed by atoms with Crippen LogP contribution >= 0.6 is 0 Å². The molecule has 0 saturated carbocycles. The molecule has 0 atom stereocenters. The third-order valence-corrected chi connectivity index (χ3v) is 3.00. The van der Waals surface area contributed by atoms with E-state index in [1.165, 1.54) is 4.90 Å². The van der Waals surface area contributed by atoms with Crippen molar-refractivity contribution in [2.75, 3.05) is 20.2 Å². The monoisotopic (exact) mass is 264 g/mol. The lowest BCUT2D eigenvalue weighted by molar-refractivity contribution is 0.148. The first-order valence-electron chi connectivity index (χ1n) is 6.00. The van der Waals surface area contributed by atoms with Gasteiger partial charge in [-0.2, -0.15) is 0 Å². The molecule has 1 aromatic rings. The first-order valence-corrected chi connectivity index (χ1v) is 6.00. The van der Waals surface area contributed by atoms with Crippen molar-refractivity contribution in [1.82, 2.24) is 4.90 Å². The molecule has 1 aliphatic rings. The molecule has 0 bridgehead atoms. The number of ether oxygens (including phenoxy) is 2. The number of fused-ring (bicyclic) bond motifs is 1. The lowest BCUT2D eigenvalue weighted by Gasteiger charge is -2.19. The van der Waals surface area contributed by atoms with Crippen LogP contribution in [-0.2, 0) is 11.3 Å². The Kier molecular flexibility index (Phi) is 4.01. The Hall–Kier alpha value is -2.08. The van der Waals surface area contributed by atoms with Crippen LogP contribution in [0, 0.1) is 0 Å². The third-order valence-electron chi connectivity index (χ3n) is 3.00. The number of oxime groups is 1. The maximum absolute atomic E-state index is 11.7. The van der Waals surface area contributed by atoms with E-state index in [0.29, 0.717) is 24.6 Å². The molecule has 6 heteroatoms. The first-order chi connectivity index (χ1) is 9.15. The highest BCUT2D eigenvalue weighted by atomic mass is 16.6. The van der Waals surface area contributed by atoms with Crippen molar-refractivity contribution >= 4 is 11.8 Å². The quantitative estimate of drug-likeness (QED) is 0.653. The van der Waals surface area contributed by atoms with E-state index in [4.69, 9.17) is 14.7 Å². The van der Waals surface area contributed by atoms with E-state index in [2.05, 4.69) is 5.16 Å². The fraction of sp³-hybridized carbons (Fsp3) is 0.385. The van der Waals surface area contributed by atoms with Gasteiger partial charge < -0.3 is 19.6 Å². The lowest BCUT2D eigenvalue weighted by Crippen LogP contribution is -2.29. The van der Waals surface area contributed by atoms with Gasteiger partial charge in [-0.15, -0.1) is 0 Å². The van der Waals surface area contributed by atoms with Crippen molar-refractivity contribution in [3.63, 3.8) is 0 Å². The van der Waals surface area contributed by atoms with E-state index < -0.39 is 6.09 Å². The maximum Gasteiger partial charge on any atom is 0.414 e. The van der Waals surface area contributed by atoms with Crippen LogP contribution in [0.4, 0.5) is 4.79 Å². The van der Waals surface area contributed by atoms with Crippen LogP contribution in [0.2, 0.25) is 0 Å². The van der Waals surface area contributed by atoms with Gasteiger partial charge in [0.15, 0.2) is 0 Å². The summed E-state index contributed by atoms with van der Waals surface area (Å²) in [5.41, 5.74) is 2.09. The number of rotatable bonds is 2. The molecule has 1 amide bonds.